The van der Waals surface area contributed by atoms with Gasteiger partial charge in [0.05, 0.1) is 0 Å². The van der Waals surface area contributed by atoms with Crippen LogP contribution in [-0.2, 0) is 59.2 Å². The van der Waals surface area contributed by atoms with Gasteiger partial charge >= 0.3 is 12.1 Å². The Morgan fingerprint density at radius 1 is 0.536 bits per heavy atom. The minimum atomic E-state index is -1.70. The van der Waals surface area contributed by atoms with Crippen molar-refractivity contribution in [2.24, 2.45) is 5.92 Å². The summed E-state index contributed by atoms with van der Waals surface area (Å²) in [5, 5.41) is 23.6. The number of nitrogens with one attached hydrogen (secondary N) is 9. The van der Waals surface area contributed by atoms with Crippen molar-refractivity contribution in [1.29, 1.82) is 0 Å². The fourth-order valence-corrected chi connectivity index (χ4v) is 6.39. The van der Waals surface area contributed by atoms with Crippen molar-refractivity contribution >= 4 is 60.3 Å². The number of benzene rings is 1. The molecule has 1 aromatic rings. The van der Waals surface area contributed by atoms with Gasteiger partial charge in [-0.2, -0.15) is 0 Å². The topological polar surface area (TPSA) is 297 Å². The zero-order chi connectivity index (χ0) is 52.8. The third-order valence-electron chi connectivity index (χ3n) is 10.4. The van der Waals surface area contributed by atoms with Gasteiger partial charge in [0.15, 0.2) is 0 Å². The zero-order valence-corrected chi connectivity index (χ0v) is 42.8. The van der Waals surface area contributed by atoms with E-state index in [1.54, 1.807) is 45.0 Å². The molecule has 0 spiro atoms. The third kappa shape index (κ3) is 23.1. The third-order valence-corrected chi connectivity index (χ3v) is 10.4. The van der Waals surface area contributed by atoms with Gasteiger partial charge < -0.3 is 57.3 Å². The average molecular weight is 974 g/mol. The lowest BCUT2D eigenvalue weighted by atomic mass is 9.96. The highest BCUT2D eigenvalue weighted by Gasteiger charge is 2.41. The number of unbranched alkanes of at least 4 members (excludes halogenated alkanes) is 2. The van der Waals surface area contributed by atoms with Crippen molar-refractivity contribution in [3.63, 3.8) is 0 Å². The van der Waals surface area contributed by atoms with Crippen LogP contribution in [-0.4, -0.2) is 119 Å². The summed E-state index contributed by atoms with van der Waals surface area (Å²) in [6, 6.07) is 5.47. The summed E-state index contributed by atoms with van der Waals surface area (Å²) in [5.41, 5.74) is -6.61. The molecule has 0 aliphatic carbocycles. The summed E-state index contributed by atoms with van der Waals surface area (Å²) in [4.78, 5) is 130. The van der Waals surface area contributed by atoms with Gasteiger partial charge in [0.1, 0.15) is 52.5 Å². The van der Waals surface area contributed by atoms with Crippen LogP contribution in [0, 0.1) is 5.92 Å². The largest absolute Gasteiger partial charge is 0.459 e. The van der Waals surface area contributed by atoms with Crippen LogP contribution in [0.1, 0.15) is 141 Å². The zero-order valence-electron chi connectivity index (χ0n) is 42.8. The number of carbonyl (C=O) groups is 10. The number of amides is 9. The normalized spacial score (nSPS) is 13.2. The Hall–Kier alpha value is -6.28. The van der Waals surface area contributed by atoms with Crippen LogP contribution in [0.5, 0.6) is 0 Å². The summed E-state index contributed by atoms with van der Waals surface area (Å²) >= 11 is 0. The first-order valence-electron chi connectivity index (χ1n) is 23.3. The highest BCUT2D eigenvalue weighted by molar-refractivity contribution is 6.00. The second-order valence-corrected chi connectivity index (χ2v) is 20.5. The minimum Gasteiger partial charge on any atom is -0.459 e. The van der Waals surface area contributed by atoms with Crippen molar-refractivity contribution < 1.29 is 57.4 Å². The Morgan fingerprint density at radius 3 is 1.39 bits per heavy atom. The Labute approximate surface area is 407 Å². The summed E-state index contributed by atoms with van der Waals surface area (Å²) in [6.07, 6.45) is 2.25. The first-order valence-corrected chi connectivity index (χ1v) is 23.3. The number of esters is 1. The fourth-order valence-electron chi connectivity index (χ4n) is 6.39. The lowest BCUT2D eigenvalue weighted by Crippen LogP contribution is -2.66. The van der Waals surface area contributed by atoms with Gasteiger partial charge in [0.2, 0.25) is 48.3 Å². The van der Waals surface area contributed by atoms with E-state index in [0.29, 0.717) is 51.6 Å². The van der Waals surface area contributed by atoms with Crippen molar-refractivity contribution in [3.8, 4) is 0 Å². The molecule has 3 atom stereocenters. The van der Waals surface area contributed by atoms with Crippen molar-refractivity contribution in [2.75, 3.05) is 13.1 Å². The Morgan fingerprint density at radius 2 is 0.957 bits per heavy atom. The highest BCUT2D eigenvalue weighted by Crippen LogP contribution is 2.16. The standard InChI is InChI=1S/C48H79N9O12/c1-31(2)27-35(53-43(67)69-44(3,4)5)38(62)55-45(6,7)39(63)51-33(23-17-19-25-49-29-58)36(60)54-47(10,11)41(65)57-46(8,9)40(64)52-34(24-18-20-26-50-30-59)37(61)56-48(12,13)42(66)68-28-32-21-15-14-16-22-32/h14-16,21-22,29-31,33-35H,17-20,23-28H2,1-13H3,(H,49,58)(H,50,59)(H,51,63)(H,52,64)(H,53,67)(H,54,60)(H,55,62)(H,56,61)(H,57,65)/t33-,34-,35-/m0/s1. The second kappa shape index (κ2) is 27.6. The molecule has 21 heteroatoms. The summed E-state index contributed by atoms with van der Waals surface area (Å²) < 4.78 is 10.8. The average Bonchev–Trinajstić information content (AvgIpc) is 3.22. The Kier molecular flexibility index (Phi) is 24.3. The minimum absolute atomic E-state index is 0.0299. The maximum atomic E-state index is 14.0. The van der Waals surface area contributed by atoms with Crippen LogP contribution in [0.4, 0.5) is 4.79 Å². The van der Waals surface area contributed by atoms with Crippen LogP contribution in [0.3, 0.4) is 0 Å². The molecule has 0 bridgehead atoms. The number of rotatable bonds is 30. The van der Waals surface area contributed by atoms with E-state index >= 15 is 0 Å². The predicted molar refractivity (Wildman–Crippen MR) is 257 cm³/mol. The lowest BCUT2D eigenvalue weighted by molar-refractivity contribution is -0.153. The van der Waals surface area contributed by atoms with E-state index < -0.39 is 93.4 Å². The first kappa shape index (κ1) is 60.7. The molecule has 9 N–H and O–H groups in total. The molecule has 0 aromatic heterocycles. The molecule has 21 nitrogen and oxygen atoms in total. The van der Waals surface area contributed by atoms with Crippen molar-refractivity contribution in [2.45, 2.75) is 187 Å². The number of carbonyl (C=O) groups excluding carboxylic acids is 10. The maximum Gasteiger partial charge on any atom is 0.408 e. The van der Waals surface area contributed by atoms with E-state index in [1.807, 2.05) is 19.9 Å². The first-order chi connectivity index (χ1) is 31.9. The molecule has 0 heterocycles. The van der Waals surface area contributed by atoms with Crippen LogP contribution in [0.15, 0.2) is 30.3 Å². The summed E-state index contributed by atoms with van der Waals surface area (Å²) in [7, 11) is 0. The van der Waals surface area contributed by atoms with Gasteiger partial charge in [0.25, 0.3) is 0 Å². The Balaban J connectivity index is 3.23. The van der Waals surface area contributed by atoms with Gasteiger partial charge in [-0.25, -0.2) is 9.59 Å². The monoisotopic (exact) mass is 974 g/mol. The molecular formula is C48H79N9O12. The molecule has 1 aromatic carbocycles. The van der Waals surface area contributed by atoms with Gasteiger partial charge in [-0.05, 0) is 133 Å². The molecule has 1 rings (SSSR count). The quantitative estimate of drug-likeness (QED) is 0.0304. The molecule has 0 saturated carbocycles. The number of ether oxygens (including phenoxy) is 2. The van der Waals surface area contributed by atoms with Gasteiger partial charge in [-0.1, -0.05) is 44.2 Å². The van der Waals surface area contributed by atoms with E-state index in [9.17, 15) is 47.9 Å². The smallest absolute Gasteiger partial charge is 0.408 e. The van der Waals surface area contributed by atoms with Crippen LogP contribution in [0.25, 0.3) is 0 Å². The molecule has 0 radical (unpaired) electrons. The fraction of sp³-hybridized carbons (Fsp3) is 0.667. The second-order valence-electron chi connectivity index (χ2n) is 20.5. The van der Waals surface area contributed by atoms with E-state index in [0.717, 1.165) is 5.56 Å². The number of hydrogen-bond donors (Lipinski definition) is 9. The molecule has 0 aliphatic heterocycles. The summed E-state index contributed by atoms with van der Waals surface area (Å²) in [6.45, 7) is 20.7. The molecule has 0 unspecified atom stereocenters. The van der Waals surface area contributed by atoms with Crippen LogP contribution in [0.2, 0.25) is 0 Å². The molecule has 388 valence electrons. The Bertz CT molecular complexity index is 1910. The highest BCUT2D eigenvalue weighted by atomic mass is 16.6. The summed E-state index contributed by atoms with van der Waals surface area (Å²) in [5.74, 6) is -5.22. The molecule has 0 saturated heterocycles. The molecule has 0 fully saturated rings. The predicted octanol–water partition coefficient (Wildman–Crippen LogP) is 2.05. The molecule has 69 heavy (non-hydrogen) atoms. The number of hydrogen-bond acceptors (Lipinski definition) is 12. The van der Waals surface area contributed by atoms with Crippen molar-refractivity contribution in [1.82, 2.24) is 47.9 Å². The SMILES string of the molecule is CC(C)C[C@H](NC(=O)OC(C)(C)C)C(=O)NC(C)(C)C(=O)N[C@@H](CCCCNC=O)C(=O)NC(C)(C)C(=O)NC(C)(C)C(=O)N[C@@H](CCCCNC=O)C(=O)NC(C)(C)C(=O)OCc1ccccc1. The van der Waals surface area contributed by atoms with Crippen LogP contribution >= 0.6 is 0 Å². The van der Waals surface area contributed by atoms with Gasteiger partial charge in [-0.15, -0.1) is 0 Å². The van der Waals surface area contributed by atoms with Crippen LogP contribution < -0.4 is 47.9 Å². The van der Waals surface area contributed by atoms with E-state index in [4.69, 9.17) is 9.47 Å². The van der Waals surface area contributed by atoms with Gasteiger partial charge in [0, 0.05) is 13.1 Å². The van der Waals surface area contributed by atoms with E-state index in [2.05, 4.69) is 47.9 Å². The number of alkyl carbamates (subject to hydrolysis) is 1. The molecule has 9 amide bonds. The van der Waals surface area contributed by atoms with E-state index in [-0.39, 0.29) is 31.8 Å². The van der Waals surface area contributed by atoms with E-state index in [1.165, 1.54) is 55.4 Å². The molecule has 0 aliphatic rings. The maximum absolute atomic E-state index is 14.0. The lowest BCUT2D eigenvalue weighted by Gasteiger charge is -2.34. The van der Waals surface area contributed by atoms with Gasteiger partial charge in [-0.3, -0.25) is 38.4 Å². The van der Waals surface area contributed by atoms with Crippen molar-refractivity contribution in [3.05, 3.63) is 35.9 Å². The molecular weight excluding hydrogens is 895 g/mol.